The minimum Gasteiger partial charge on any atom is -0.454 e. The molecule has 1 aliphatic heterocycles. The van der Waals surface area contributed by atoms with E-state index in [1.54, 1.807) is 6.07 Å². The van der Waals surface area contributed by atoms with Crippen molar-refractivity contribution in [3.05, 3.63) is 46.2 Å². The number of carbonyl (C=O) groups is 1. The van der Waals surface area contributed by atoms with Crippen molar-refractivity contribution in [2.24, 2.45) is 5.10 Å². The molecule has 1 aromatic carbocycles. The zero-order valence-corrected chi connectivity index (χ0v) is 11.6. The Bertz CT molecular complexity index is 665. The molecule has 1 N–H and O–H groups in total. The van der Waals surface area contributed by atoms with Crippen LogP contribution in [-0.2, 0) is 0 Å². The van der Waals surface area contributed by atoms with Gasteiger partial charge in [0.15, 0.2) is 11.5 Å². The third kappa shape index (κ3) is 2.50. The van der Waals surface area contributed by atoms with Crippen molar-refractivity contribution < 1.29 is 14.3 Å². The van der Waals surface area contributed by atoms with Crippen LogP contribution in [0.1, 0.15) is 22.2 Å². The maximum atomic E-state index is 11.8. The van der Waals surface area contributed by atoms with Crippen molar-refractivity contribution in [2.75, 3.05) is 6.79 Å². The van der Waals surface area contributed by atoms with Crippen LogP contribution in [-0.4, -0.2) is 18.4 Å². The van der Waals surface area contributed by atoms with Crippen molar-refractivity contribution in [3.63, 3.8) is 0 Å². The molecule has 1 amide bonds. The van der Waals surface area contributed by atoms with E-state index in [2.05, 4.69) is 10.5 Å². The highest BCUT2D eigenvalue weighted by atomic mass is 32.1. The molecular weight excluding hydrogens is 276 g/mol. The highest BCUT2D eigenvalue weighted by Crippen LogP contribution is 2.32. The lowest BCUT2D eigenvalue weighted by molar-refractivity contribution is 0.0959. The summed E-state index contributed by atoms with van der Waals surface area (Å²) in [7, 11) is 0. The van der Waals surface area contributed by atoms with Crippen molar-refractivity contribution in [3.8, 4) is 11.5 Å². The monoisotopic (exact) mass is 288 g/mol. The molecule has 1 aliphatic rings. The van der Waals surface area contributed by atoms with Crippen LogP contribution in [0, 0.1) is 0 Å². The predicted octanol–water partition coefficient (Wildman–Crippen LogP) is 2.63. The summed E-state index contributed by atoms with van der Waals surface area (Å²) in [4.78, 5) is 12.4. The fourth-order valence-electron chi connectivity index (χ4n) is 1.78. The highest BCUT2D eigenvalue weighted by Gasteiger charge is 2.14. The number of ether oxygens (including phenoxy) is 2. The number of hydrazone groups is 1. The van der Waals surface area contributed by atoms with Crippen LogP contribution < -0.4 is 14.9 Å². The van der Waals surface area contributed by atoms with Gasteiger partial charge in [0.25, 0.3) is 5.91 Å². The smallest absolute Gasteiger partial charge is 0.281 e. The van der Waals surface area contributed by atoms with E-state index in [-0.39, 0.29) is 12.7 Å². The van der Waals surface area contributed by atoms with Gasteiger partial charge in [-0.1, -0.05) is 6.07 Å². The molecule has 0 aliphatic carbocycles. The number of nitrogens with zero attached hydrogens (tertiary/aromatic N) is 1. The van der Waals surface area contributed by atoms with Crippen molar-refractivity contribution in [2.45, 2.75) is 6.92 Å². The Morgan fingerprint density at radius 3 is 2.95 bits per heavy atom. The van der Waals surface area contributed by atoms with E-state index in [0.717, 1.165) is 11.3 Å². The van der Waals surface area contributed by atoms with Gasteiger partial charge < -0.3 is 9.47 Å². The molecule has 2 aromatic rings. The van der Waals surface area contributed by atoms with Crippen molar-refractivity contribution >= 4 is 23.0 Å². The number of benzene rings is 1. The second kappa shape index (κ2) is 5.34. The lowest BCUT2D eigenvalue weighted by Gasteiger charge is -2.03. The van der Waals surface area contributed by atoms with Crippen LogP contribution in [0.3, 0.4) is 0 Å². The van der Waals surface area contributed by atoms with Crippen molar-refractivity contribution in [1.82, 2.24) is 5.43 Å². The summed E-state index contributed by atoms with van der Waals surface area (Å²) in [6.45, 7) is 2.07. The zero-order chi connectivity index (χ0) is 13.9. The quantitative estimate of drug-likeness (QED) is 0.697. The third-order valence-electron chi connectivity index (χ3n) is 2.86. The zero-order valence-electron chi connectivity index (χ0n) is 10.8. The van der Waals surface area contributed by atoms with E-state index < -0.39 is 0 Å². The summed E-state index contributed by atoms with van der Waals surface area (Å²) in [6, 6.07) is 9.14. The van der Waals surface area contributed by atoms with E-state index in [9.17, 15) is 4.79 Å². The molecule has 0 fully saturated rings. The number of thiophene rings is 1. The highest BCUT2D eigenvalue weighted by molar-refractivity contribution is 7.12. The van der Waals surface area contributed by atoms with Crippen LogP contribution in [0.25, 0.3) is 0 Å². The normalized spacial score (nSPS) is 13.3. The number of hydrogen-bond donors (Lipinski definition) is 1. The molecule has 0 atom stereocenters. The first-order chi connectivity index (χ1) is 9.74. The van der Waals surface area contributed by atoms with Gasteiger partial charge in [-0.3, -0.25) is 4.79 Å². The number of nitrogens with one attached hydrogen (secondary N) is 1. The summed E-state index contributed by atoms with van der Waals surface area (Å²) in [5.41, 5.74) is 4.12. The first-order valence-electron chi connectivity index (χ1n) is 6.02. The number of hydrogen-bond acceptors (Lipinski definition) is 5. The van der Waals surface area contributed by atoms with Crippen molar-refractivity contribution in [1.29, 1.82) is 0 Å². The van der Waals surface area contributed by atoms with Gasteiger partial charge in [0.05, 0.1) is 10.6 Å². The van der Waals surface area contributed by atoms with E-state index >= 15 is 0 Å². The number of fused-ring (bicyclic) bond motifs is 1. The summed E-state index contributed by atoms with van der Waals surface area (Å²) in [6.07, 6.45) is 0. The minimum atomic E-state index is -0.208. The average Bonchev–Trinajstić information content (AvgIpc) is 3.13. The van der Waals surface area contributed by atoms with E-state index in [1.807, 2.05) is 36.6 Å². The molecule has 0 spiro atoms. The van der Waals surface area contributed by atoms with Gasteiger partial charge in [-0.05, 0) is 36.6 Å². The standard InChI is InChI=1S/C14H12N2O3S/c1-9(15-16-14(17)13-3-2-6-20-13)10-4-5-11-12(7-10)19-8-18-11/h2-7H,8H2,1H3,(H,16,17)/b15-9-. The van der Waals surface area contributed by atoms with Gasteiger partial charge in [-0.2, -0.15) is 5.10 Å². The molecule has 20 heavy (non-hydrogen) atoms. The van der Waals surface area contributed by atoms with Gasteiger partial charge >= 0.3 is 0 Å². The maximum Gasteiger partial charge on any atom is 0.281 e. The van der Waals surface area contributed by atoms with E-state index in [0.29, 0.717) is 16.3 Å². The second-order valence-corrected chi connectivity index (χ2v) is 5.13. The Balaban J connectivity index is 1.73. The lowest BCUT2D eigenvalue weighted by Crippen LogP contribution is -2.18. The third-order valence-corrected chi connectivity index (χ3v) is 3.73. The van der Waals surface area contributed by atoms with Gasteiger partial charge in [-0.25, -0.2) is 5.43 Å². The van der Waals surface area contributed by atoms with Gasteiger partial charge in [0, 0.05) is 5.56 Å². The summed E-state index contributed by atoms with van der Waals surface area (Å²) < 4.78 is 10.6. The Morgan fingerprint density at radius 1 is 1.30 bits per heavy atom. The Morgan fingerprint density at radius 2 is 2.15 bits per heavy atom. The Hall–Kier alpha value is -2.34. The Labute approximate surface area is 119 Å². The molecule has 6 heteroatoms. The van der Waals surface area contributed by atoms with Crippen LogP contribution >= 0.6 is 11.3 Å². The fourth-order valence-corrected chi connectivity index (χ4v) is 2.40. The Kier molecular flexibility index (Phi) is 3.39. The van der Waals surface area contributed by atoms with Gasteiger partial charge in [-0.15, -0.1) is 11.3 Å². The maximum absolute atomic E-state index is 11.8. The predicted molar refractivity (Wildman–Crippen MR) is 76.6 cm³/mol. The molecule has 0 saturated carbocycles. The number of carbonyl (C=O) groups excluding carboxylic acids is 1. The molecule has 102 valence electrons. The van der Waals surface area contributed by atoms with E-state index in [1.165, 1.54) is 11.3 Å². The van der Waals surface area contributed by atoms with Gasteiger partial charge in [0.1, 0.15) is 0 Å². The summed E-state index contributed by atoms with van der Waals surface area (Å²) in [5, 5.41) is 5.95. The first kappa shape index (κ1) is 12.7. The fraction of sp³-hybridized carbons (Fsp3) is 0.143. The SMILES string of the molecule is C/C(=N/NC(=O)c1cccs1)c1ccc2c(c1)OCO2. The molecule has 0 saturated heterocycles. The molecule has 0 bridgehead atoms. The molecular formula is C14H12N2O3S. The molecule has 0 unspecified atom stereocenters. The topological polar surface area (TPSA) is 59.9 Å². The summed E-state index contributed by atoms with van der Waals surface area (Å²) >= 11 is 1.38. The largest absolute Gasteiger partial charge is 0.454 e. The average molecular weight is 288 g/mol. The first-order valence-corrected chi connectivity index (χ1v) is 6.90. The van der Waals surface area contributed by atoms with E-state index in [4.69, 9.17) is 9.47 Å². The van der Waals surface area contributed by atoms with Crippen LogP contribution in [0.5, 0.6) is 11.5 Å². The molecule has 0 radical (unpaired) electrons. The lowest BCUT2D eigenvalue weighted by atomic mass is 10.1. The molecule has 3 rings (SSSR count). The summed E-state index contributed by atoms with van der Waals surface area (Å²) in [5.74, 6) is 1.21. The van der Waals surface area contributed by atoms with Gasteiger partial charge in [0.2, 0.25) is 6.79 Å². The molecule has 1 aromatic heterocycles. The van der Waals surface area contributed by atoms with Crippen LogP contribution in [0.2, 0.25) is 0 Å². The molecule has 5 nitrogen and oxygen atoms in total. The number of rotatable bonds is 3. The molecule has 2 heterocycles. The number of amides is 1. The van der Waals surface area contributed by atoms with Crippen LogP contribution in [0.4, 0.5) is 0 Å². The second-order valence-electron chi connectivity index (χ2n) is 4.18. The minimum absolute atomic E-state index is 0.208. The van der Waals surface area contributed by atoms with Crippen LogP contribution in [0.15, 0.2) is 40.8 Å².